The fraction of sp³-hybridized carbons (Fsp3) is 0.611. The number of imidazole rings is 1. The molecular formula is C18H22N2O. The molecule has 2 bridgehead atoms. The van der Waals surface area contributed by atoms with Crippen LogP contribution in [-0.4, -0.2) is 14.5 Å². The van der Waals surface area contributed by atoms with E-state index in [0.29, 0.717) is 11.8 Å². The van der Waals surface area contributed by atoms with Crippen molar-refractivity contribution in [3.8, 4) is 0 Å². The lowest BCUT2D eigenvalue weighted by molar-refractivity contribution is 0.0747. The van der Waals surface area contributed by atoms with Crippen LogP contribution in [-0.2, 0) is 0 Å². The lowest BCUT2D eigenvalue weighted by Crippen LogP contribution is -2.20. The molecule has 1 unspecified atom stereocenters. The predicted molar refractivity (Wildman–Crippen MR) is 81.1 cm³/mol. The van der Waals surface area contributed by atoms with Gasteiger partial charge in [-0.05, 0) is 67.4 Å². The van der Waals surface area contributed by atoms with Gasteiger partial charge in [0.2, 0.25) is 0 Å². The summed E-state index contributed by atoms with van der Waals surface area (Å²) in [5, 5.41) is 11.2. The highest BCUT2D eigenvalue weighted by Gasteiger charge is 2.44. The Morgan fingerprint density at radius 2 is 2.10 bits per heavy atom. The van der Waals surface area contributed by atoms with Gasteiger partial charge in [-0.25, -0.2) is 4.98 Å². The van der Waals surface area contributed by atoms with Crippen LogP contribution in [0.3, 0.4) is 0 Å². The average molecular weight is 282 g/mol. The molecule has 0 spiro atoms. The summed E-state index contributed by atoms with van der Waals surface area (Å²) in [6.45, 7) is 0. The second-order valence-electron chi connectivity index (χ2n) is 7.43. The highest BCUT2D eigenvalue weighted by atomic mass is 16.3. The average Bonchev–Trinajstić information content (AvgIpc) is 2.93. The molecule has 2 aromatic heterocycles. The van der Waals surface area contributed by atoms with Gasteiger partial charge in [0.1, 0.15) is 0 Å². The van der Waals surface area contributed by atoms with E-state index < -0.39 is 0 Å². The molecule has 2 aromatic rings. The maximum absolute atomic E-state index is 11.2. The van der Waals surface area contributed by atoms with E-state index in [1.807, 2.05) is 12.5 Å². The van der Waals surface area contributed by atoms with Crippen LogP contribution in [0.25, 0.3) is 5.52 Å². The summed E-state index contributed by atoms with van der Waals surface area (Å²) in [5.41, 5.74) is 3.70. The molecule has 0 aliphatic heterocycles. The van der Waals surface area contributed by atoms with Crippen LogP contribution in [0.2, 0.25) is 0 Å². The van der Waals surface area contributed by atoms with Crippen molar-refractivity contribution in [2.45, 2.75) is 50.5 Å². The van der Waals surface area contributed by atoms with Crippen molar-refractivity contribution in [2.24, 2.45) is 17.8 Å². The van der Waals surface area contributed by atoms with E-state index >= 15 is 0 Å². The minimum absolute atomic E-state index is 0.295. The first-order valence-electron chi connectivity index (χ1n) is 8.44. The zero-order valence-corrected chi connectivity index (χ0v) is 12.3. The number of nitrogens with zero attached hydrogens (tertiary/aromatic N) is 2. The number of hydrogen-bond donors (Lipinski definition) is 1. The molecule has 3 aliphatic carbocycles. The van der Waals surface area contributed by atoms with Crippen molar-refractivity contribution >= 4 is 5.52 Å². The molecule has 3 heteroatoms. The summed E-state index contributed by atoms with van der Waals surface area (Å²) >= 11 is 0. The first-order valence-corrected chi connectivity index (χ1v) is 8.44. The quantitative estimate of drug-likeness (QED) is 0.932. The minimum Gasteiger partial charge on any atom is -0.388 e. The summed E-state index contributed by atoms with van der Waals surface area (Å²) in [6, 6.07) is 2.22. The molecule has 3 fully saturated rings. The second kappa shape index (κ2) is 4.33. The van der Waals surface area contributed by atoms with E-state index in [2.05, 4.69) is 21.6 Å². The summed E-state index contributed by atoms with van der Waals surface area (Å²) < 4.78 is 2.07. The molecular weight excluding hydrogens is 260 g/mol. The molecule has 0 radical (unpaired) electrons. The Balaban J connectivity index is 1.61. The Hall–Kier alpha value is -1.35. The number of hydrogen-bond acceptors (Lipinski definition) is 2. The van der Waals surface area contributed by atoms with Gasteiger partial charge in [0.15, 0.2) is 0 Å². The predicted octanol–water partition coefficient (Wildman–Crippen LogP) is 3.68. The van der Waals surface area contributed by atoms with Crippen molar-refractivity contribution in [3.05, 3.63) is 35.9 Å². The van der Waals surface area contributed by atoms with Crippen molar-refractivity contribution < 1.29 is 5.11 Å². The van der Waals surface area contributed by atoms with Gasteiger partial charge >= 0.3 is 0 Å². The zero-order valence-electron chi connectivity index (χ0n) is 12.3. The van der Waals surface area contributed by atoms with Gasteiger partial charge < -0.3 is 9.51 Å². The summed E-state index contributed by atoms with van der Waals surface area (Å²) in [4.78, 5) is 4.29. The molecule has 110 valence electrons. The monoisotopic (exact) mass is 282 g/mol. The second-order valence-corrected chi connectivity index (χ2v) is 7.43. The molecule has 3 aliphatic rings. The van der Waals surface area contributed by atoms with Gasteiger partial charge in [-0.15, -0.1) is 0 Å². The molecule has 5 rings (SSSR count). The lowest BCUT2D eigenvalue weighted by Gasteiger charge is -2.29. The Morgan fingerprint density at radius 1 is 1.19 bits per heavy atom. The van der Waals surface area contributed by atoms with Gasteiger partial charge in [0.25, 0.3) is 0 Å². The largest absolute Gasteiger partial charge is 0.388 e. The first kappa shape index (κ1) is 12.2. The van der Waals surface area contributed by atoms with E-state index in [9.17, 15) is 5.11 Å². The van der Waals surface area contributed by atoms with E-state index in [4.69, 9.17) is 0 Å². The fourth-order valence-corrected chi connectivity index (χ4v) is 5.00. The van der Waals surface area contributed by atoms with E-state index in [1.54, 1.807) is 0 Å². The molecule has 3 saturated carbocycles. The Morgan fingerprint density at radius 3 is 2.81 bits per heavy atom. The molecule has 0 amide bonds. The number of rotatable bonds is 3. The Labute approximate surface area is 125 Å². The van der Waals surface area contributed by atoms with Crippen LogP contribution in [0.15, 0.2) is 24.8 Å². The zero-order chi connectivity index (χ0) is 14.0. The van der Waals surface area contributed by atoms with Gasteiger partial charge in [-0.3, -0.25) is 0 Å². The van der Waals surface area contributed by atoms with Gasteiger partial charge in [-0.1, -0.05) is 6.42 Å². The standard InChI is InChI=1S/C18H22N2O/c21-18(15-8-11-1-2-13(15)7-11)17-14(12-3-4-12)5-6-20-10-19-9-16(17)20/h5-6,9-13,15,18,21H,1-4,7-8H2/t11-,13+,15-,18?/m0/s1. The number of fused-ring (bicyclic) bond motifs is 3. The van der Waals surface area contributed by atoms with E-state index in [1.165, 1.54) is 49.7 Å². The lowest BCUT2D eigenvalue weighted by atomic mass is 9.80. The highest BCUT2D eigenvalue weighted by Crippen LogP contribution is 2.54. The maximum atomic E-state index is 11.2. The van der Waals surface area contributed by atoms with Crippen LogP contribution >= 0.6 is 0 Å². The van der Waals surface area contributed by atoms with Crippen molar-refractivity contribution in [1.82, 2.24) is 9.38 Å². The summed E-state index contributed by atoms with van der Waals surface area (Å²) in [6.07, 6.45) is 13.4. The molecule has 0 aromatic carbocycles. The smallest absolute Gasteiger partial charge is 0.0992 e. The number of aliphatic hydroxyl groups excluding tert-OH is 1. The normalized spacial score (nSPS) is 32.9. The maximum Gasteiger partial charge on any atom is 0.0992 e. The van der Waals surface area contributed by atoms with Crippen molar-refractivity contribution in [1.29, 1.82) is 0 Å². The molecule has 0 saturated heterocycles. The number of aliphatic hydroxyl groups is 1. The van der Waals surface area contributed by atoms with Crippen LogP contribution in [0.1, 0.15) is 61.7 Å². The van der Waals surface area contributed by atoms with Crippen LogP contribution in [0.4, 0.5) is 0 Å². The van der Waals surface area contributed by atoms with Crippen LogP contribution < -0.4 is 0 Å². The molecule has 2 heterocycles. The third-order valence-electron chi connectivity index (χ3n) is 6.18. The molecule has 4 atom stereocenters. The summed E-state index contributed by atoms with van der Waals surface area (Å²) in [7, 11) is 0. The number of aromatic nitrogens is 2. The van der Waals surface area contributed by atoms with E-state index in [-0.39, 0.29) is 6.10 Å². The molecule has 1 N–H and O–H groups in total. The molecule has 21 heavy (non-hydrogen) atoms. The van der Waals surface area contributed by atoms with Gasteiger partial charge in [-0.2, -0.15) is 0 Å². The highest BCUT2D eigenvalue weighted by molar-refractivity contribution is 5.59. The topological polar surface area (TPSA) is 37.5 Å². The summed E-state index contributed by atoms with van der Waals surface area (Å²) in [5.74, 6) is 2.78. The van der Waals surface area contributed by atoms with E-state index in [0.717, 1.165) is 17.4 Å². The molecule has 3 nitrogen and oxygen atoms in total. The van der Waals surface area contributed by atoms with Gasteiger partial charge in [0, 0.05) is 11.8 Å². The Kier molecular flexibility index (Phi) is 2.52. The SMILES string of the molecule is OC(c1c(C2CC2)ccn2cncc12)[C@H]1C[C@H]2CC[C@@H]1C2. The Bertz CT molecular complexity index is 688. The van der Waals surface area contributed by atoms with Crippen LogP contribution in [0.5, 0.6) is 0 Å². The fourth-order valence-electron chi connectivity index (χ4n) is 5.00. The third kappa shape index (κ3) is 1.80. The minimum atomic E-state index is -0.295. The van der Waals surface area contributed by atoms with Crippen molar-refractivity contribution in [2.75, 3.05) is 0 Å². The van der Waals surface area contributed by atoms with Gasteiger partial charge in [0.05, 0.1) is 24.1 Å². The first-order chi connectivity index (χ1) is 10.3. The third-order valence-corrected chi connectivity index (χ3v) is 6.18. The number of pyridine rings is 1. The van der Waals surface area contributed by atoms with Crippen molar-refractivity contribution in [3.63, 3.8) is 0 Å². The van der Waals surface area contributed by atoms with Crippen LogP contribution in [0, 0.1) is 17.8 Å².